The summed E-state index contributed by atoms with van der Waals surface area (Å²) in [7, 11) is 6.54. The summed E-state index contributed by atoms with van der Waals surface area (Å²) < 4.78 is 14.4. The number of nitrogens with zero attached hydrogens (tertiary/aromatic N) is 14. The van der Waals surface area contributed by atoms with Crippen molar-refractivity contribution in [3.8, 4) is 0 Å². The lowest BCUT2D eigenvalue weighted by atomic mass is 9.81. The van der Waals surface area contributed by atoms with Gasteiger partial charge in [0.25, 0.3) is 23.6 Å². The van der Waals surface area contributed by atoms with E-state index in [4.69, 9.17) is 22.9 Å². The van der Waals surface area contributed by atoms with E-state index in [0.717, 1.165) is 123 Å². The lowest BCUT2D eigenvalue weighted by Gasteiger charge is -2.46. The second-order valence-corrected chi connectivity index (χ2v) is 37.7. The van der Waals surface area contributed by atoms with E-state index in [-0.39, 0.29) is 78.4 Å². The number of aromatic nitrogens is 6. The molecule has 4 aliphatic heterocycles. The Morgan fingerprint density at radius 1 is 0.382 bits per heavy atom. The van der Waals surface area contributed by atoms with Crippen molar-refractivity contribution in [3.63, 3.8) is 0 Å². The van der Waals surface area contributed by atoms with Crippen LogP contribution in [0.3, 0.4) is 0 Å². The average molecular weight is 1960 g/mol. The molecule has 2 saturated carbocycles. The number of nitrogens with one attached hydrogen (secondary N) is 4. The zero-order chi connectivity index (χ0) is 103. The van der Waals surface area contributed by atoms with Crippen molar-refractivity contribution in [2.45, 2.75) is 212 Å². The minimum atomic E-state index is -1.06. The minimum absolute atomic E-state index is 0.00472. The van der Waals surface area contributed by atoms with Gasteiger partial charge in [-0.2, -0.15) is 0 Å². The largest absolute Gasteiger partial charge is 0.384 e. The molecule has 0 unspecified atom stereocenters. The molecule has 6 fully saturated rings. The third-order valence-electron chi connectivity index (χ3n) is 28.1. The van der Waals surface area contributed by atoms with Crippen LogP contribution in [0, 0.1) is 55.2 Å². The third kappa shape index (κ3) is 25.3. The van der Waals surface area contributed by atoms with Gasteiger partial charge in [-0.1, -0.05) is 169 Å². The van der Waals surface area contributed by atoms with Gasteiger partial charge in [0.1, 0.15) is 53.3 Å². The van der Waals surface area contributed by atoms with Crippen LogP contribution in [0.1, 0.15) is 181 Å². The normalized spacial score (nSPS) is 19.4. The van der Waals surface area contributed by atoms with Crippen LogP contribution in [-0.4, -0.2) is 185 Å². The van der Waals surface area contributed by atoms with Gasteiger partial charge < -0.3 is 63.8 Å². The molecule has 12 N–H and O–H groups in total. The van der Waals surface area contributed by atoms with Crippen LogP contribution in [0.25, 0.3) is 0 Å². The Balaban J connectivity index is 0.000000161. The van der Waals surface area contributed by atoms with Gasteiger partial charge in [-0.3, -0.25) is 67.9 Å². The van der Waals surface area contributed by atoms with Crippen molar-refractivity contribution in [3.05, 3.63) is 276 Å². The molecule has 0 radical (unpaired) electrons. The van der Waals surface area contributed by atoms with Crippen molar-refractivity contribution < 1.29 is 61.9 Å². The van der Waals surface area contributed by atoms with Crippen LogP contribution < -0.4 is 63.8 Å². The topological polar surface area (TPSA) is 460 Å². The number of urea groups is 4. The van der Waals surface area contributed by atoms with Gasteiger partial charge in [-0.05, 0) is 227 Å². The van der Waals surface area contributed by atoms with E-state index >= 15 is 0 Å². The maximum Gasteiger partial charge on any atom is 0.325 e. The van der Waals surface area contributed by atoms with E-state index in [1.165, 1.54) is 51.3 Å². The number of carbonyl (C=O) groups excluding carboxylic acids is 12. The highest BCUT2D eigenvalue weighted by molar-refractivity contribution is 6.16. The summed E-state index contributed by atoms with van der Waals surface area (Å²) >= 11 is 0. The highest BCUT2D eigenvalue weighted by Gasteiger charge is 2.60. The number of nitrogen functional groups attached to an aromatic ring is 4. The van der Waals surface area contributed by atoms with Gasteiger partial charge in [-0.25, -0.2) is 43.5 Å². The first kappa shape index (κ1) is 106. The number of hydrogen-bond acceptors (Lipinski definition) is 22. The van der Waals surface area contributed by atoms with Crippen molar-refractivity contribution in [1.82, 2.24) is 70.8 Å². The third-order valence-corrected chi connectivity index (χ3v) is 28.1. The first-order valence-corrected chi connectivity index (χ1v) is 49.5. The first-order chi connectivity index (χ1) is 69.3. The Bertz CT molecular complexity index is 6150. The standard InChI is InChI=1S/C28H37N5O3.C27H34FN5O3.2C27H30N6O3/c1-4-23(20-11-7-5-8-12-20)31-28(36)33-25(27(35)32(3)21-13-9-6-10-14-21)22(26(33)34)16-19-15-18(2)30-24(29)17-19;1-3-22(17-10-6-4-7-11-17)31-27(36)33-24(26(35)32(2)19-12-8-5-9-13-19)20(25(33)34)14-18-15-23(29)30-16-21(18)28;1-4-22(19-7-5-6-17(2)14-19)31-27(36)33-24(26(35)32(3)20-9-11-29-12-10-20)21(25(33)34)15-18-8-13-30-23(28)16-18;1-3-7-22(19-8-5-4-6-9-19)31-27(36)33-24(26(35)32(2)20-11-13-29-14-12-20)21(25(33)34)16-18-10-15-30-23(28)17-18/h6,9-10,13-15,17,20,22-23,25H,4-5,7-8,11-12,16H2,1-3H3,(H2,29,30)(H,31,36);5,8-9,12-13,15-17,20,22,24H,3-4,6-7,10-11,14H2,1-2H3,(H2,29,30)(H,31,36);5-14,16,21-22,24H,4,15H2,1-3H3,(H2,28,30)(H,31,36);4-6,8-15,17,21-22,24H,3,7,16H2,1-2H3,(H2,28,30)(H,31,36)/t22-,23-,25+;20-,22-,24+;2*21-,22-,24+/m1111/s1. The summed E-state index contributed by atoms with van der Waals surface area (Å²) in [5, 5.41) is 12.1. The van der Waals surface area contributed by atoms with Crippen LogP contribution in [0.15, 0.2) is 225 Å². The molecular weight excluding hydrogens is 1830 g/mol. The molecule has 4 aromatic carbocycles. The van der Waals surface area contributed by atoms with Crippen LogP contribution in [0.2, 0.25) is 0 Å². The molecule has 12 atom stereocenters. The number of hydrogen-bond donors (Lipinski definition) is 8. The van der Waals surface area contributed by atoms with Crippen molar-refractivity contribution in [1.29, 1.82) is 0 Å². The van der Waals surface area contributed by atoms with Crippen molar-refractivity contribution in [2.75, 3.05) is 70.7 Å². The lowest BCUT2D eigenvalue weighted by Crippen LogP contribution is -2.71. The molecule has 144 heavy (non-hydrogen) atoms. The van der Waals surface area contributed by atoms with Crippen LogP contribution in [-0.2, 0) is 64.0 Å². The fraction of sp³-hybridized carbons (Fsp3) is 0.394. The zero-order valence-electron chi connectivity index (χ0n) is 83.2. The number of benzene rings is 4. The number of halogens is 1. The molecular formula is C109H131FN22O12. The number of anilines is 8. The Hall–Kier alpha value is -15.5. The second-order valence-electron chi connectivity index (χ2n) is 37.7. The number of β-lactam (4-membered cyclic amide) rings is 4. The Labute approximate surface area is 839 Å². The van der Waals surface area contributed by atoms with Crippen LogP contribution >= 0.6 is 0 Å². The highest BCUT2D eigenvalue weighted by Crippen LogP contribution is 2.41. The van der Waals surface area contributed by atoms with E-state index in [2.05, 4.69) is 58.1 Å². The quantitative estimate of drug-likeness (QED) is 0.0202. The number of imide groups is 4. The number of likely N-dealkylation sites (N-methyl/N-ethyl adjacent to an activating group) is 4. The van der Waals surface area contributed by atoms with Crippen molar-refractivity contribution in [2.24, 2.45) is 35.5 Å². The molecule has 16 amide bonds. The molecule has 35 heteroatoms. The predicted octanol–water partition coefficient (Wildman–Crippen LogP) is 14.6. The SMILES string of the molecule is CCC[C@@H](NC(=O)N1C(=O)[C@H](Cc2ccnc(N)c2)[C@H]1C(=O)N(C)c1ccncc1)c1ccccc1.CC[C@@H](NC(=O)N1C(=O)[C@H](Cc2cc(C)nc(N)c2)[C@H]1C(=O)N(C)c1ccccc1)C1CCCCC1.CC[C@@H](NC(=O)N1C(=O)[C@H](Cc2cc(N)ncc2F)[C@H]1C(=O)N(C)c1ccccc1)C1CCCCC1.CC[C@@H](NC(=O)N1C(=O)[C@H](Cc2ccnc(N)c2)[C@H]1C(=O)N(C)c1ccncc1)c1cccc(C)c1. The van der Waals surface area contributed by atoms with E-state index in [1.54, 1.807) is 144 Å². The van der Waals surface area contributed by atoms with Gasteiger partial charge in [0.15, 0.2) is 0 Å². The summed E-state index contributed by atoms with van der Waals surface area (Å²) in [6, 6.07) is 47.6. The second kappa shape index (κ2) is 49.3. The number of para-hydroxylation sites is 2. The monoisotopic (exact) mass is 1960 g/mol. The molecule has 756 valence electrons. The smallest absolute Gasteiger partial charge is 0.325 e. The van der Waals surface area contributed by atoms with Crippen molar-refractivity contribution >= 4 is 117 Å². The first-order valence-electron chi connectivity index (χ1n) is 49.5. The molecule has 6 aliphatic rings. The number of aryl methyl sites for hydroxylation is 2. The van der Waals surface area contributed by atoms with E-state index in [1.807, 2.05) is 132 Å². The van der Waals surface area contributed by atoms with Gasteiger partial charge in [0, 0.05) is 106 Å². The molecule has 16 rings (SSSR count). The molecule has 10 aromatic rings. The maximum atomic E-state index is 14.4. The van der Waals surface area contributed by atoms with Gasteiger partial charge in [0.2, 0.25) is 23.6 Å². The van der Waals surface area contributed by atoms with E-state index in [9.17, 15) is 61.9 Å². The number of pyridine rings is 6. The number of nitrogens with two attached hydrogens (primary N) is 4. The number of carbonyl (C=O) groups is 12. The maximum absolute atomic E-state index is 14.4. The fourth-order valence-corrected chi connectivity index (χ4v) is 20.2. The molecule has 0 bridgehead atoms. The molecule has 2 aliphatic carbocycles. The minimum Gasteiger partial charge on any atom is -0.384 e. The summed E-state index contributed by atoms with van der Waals surface area (Å²) in [5.41, 5.74) is 32.1. The van der Waals surface area contributed by atoms with Gasteiger partial charge in [0.05, 0.1) is 42.0 Å². The lowest BCUT2D eigenvalue weighted by molar-refractivity contribution is -0.156. The number of rotatable bonds is 29. The zero-order valence-corrected chi connectivity index (χ0v) is 83.2. The Kier molecular flexibility index (Phi) is 36.2. The summed E-state index contributed by atoms with van der Waals surface area (Å²) in [6.45, 7) is 11.9. The molecule has 0 spiro atoms. The molecule has 10 heterocycles. The average Bonchev–Trinajstić information content (AvgIpc) is 0.747. The molecule has 6 aromatic heterocycles. The van der Waals surface area contributed by atoms with Crippen LogP contribution in [0.5, 0.6) is 0 Å². The van der Waals surface area contributed by atoms with E-state index < -0.39 is 101 Å². The molecule has 4 saturated heterocycles. The van der Waals surface area contributed by atoms with Gasteiger partial charge in [-0.15, -0.1) is 0 Å². The molecule has 34 nitrogen and oxygen atoms in total. The highest BCUT2D eigenvalue weighted by atomic mass is 19.1. The van der Waals surface area contributed by atoms with E-state index in [0.29, 0.717) is 71.3 Å². The Morgan fingerprint density at radius 3 is 1.12 bits per heavy atom. The fourth-order valence-electron chi connectivity index (χ4n) is 20.2. The number of likely N-dealkylation sites (tertiary alicyclic amines) is 4. The summed E-state index contributed by atoms with van der Waals surface area (Å²) in [5.74, 6) is -4.66. The summed E-state index contributed by atoms with van der Waals surface area (Å²) in [6.07, 6.45) is 26.2. The summed E-state index contributed by atoms with van der Waals surface area (Å²) in [4.78, 5) is 195. The number of amides is 16. The van der Waals surface area contributed by atoms with Crippen LogP contribution in [0.4, 0.5) is 69.6 Å². The van der Waals surface area contributed by atoms with Gasteiger partial charge >= 0.3 is 24.1 Å². The Morgan fingerprint density at radius 2 is 0.743 bits per heavy atom. The predicted molar refractivity (Wildman–Crippen MR) is 549 cm³/mol.